The van der Waals surface area contributed by atoms with Crippen LogP contribution >= 0.6 is 12.4 Å². The van der Waals surface area contributed by atoms with Crippen molar-refractivity contribution in [2.45, 2.75) is 63.8 Å². The van der Waals surface area contributed by atoms with E-state index >= 15 is 4.39 Å². The lowest BCUT2D eigenvalue weighted by atomic mass is 9.44. The molecule has 0 saturated heterocycles. The molecular weight excluding hydrogens is 399 g/mol. The van der Waals surface area contributed by atoms with Crippen LogP contribution in [0, 0.1) is 28.6 Å². The molecule has 3 saturated carbocycles. The van der Waals surface area contributed by atoms with E-state index in [9.17, 15) is 24.9 Å². The minimum absolute atomic E-state index is 0. The van der Waals surface area contributed by atoms with E-state index in [-0.39, 0.29) is 30.5 Å². The first-order chi connectivity index (χ1) is 13.0. The summed E-state index contributed by atoms with van der Waals surface area (Å²) < 4.78 is 16.9. The molecule has 0 aromatic carbocycles. The van der Waals surface area contributed by atoms with Crippen molar-refractivity contribution in [2.75, 3.05) is 6.61 Å². The number of aliphatic hydroxyl groups excluding tert-OH is 2. The summed E-state index contributed by atoms with van der Waals surface area (Å²) in [6, 6.07) is 0. The molecule has 4 aliphatic carbocycles. The monoisotopic (exact) mass is 428 g/mol. The van der Waals surface area contributed by atoms with E-state index in [2.05, 4.69) is 0 Å². The van der Waals surface area contributed by atoms with Crippen molar-refractivity contribution in [3.63, 3.8) is 0 Å². The van der Waals surface area contributed by atoms with Gasteiger partial charge in [0.2, 0.25) is 0 Å². The molecule has 0 spiro atoms. The van der Waals surface area contributed by atoms with Gasteiger partial charge < -0.3 is 15.3 Å². The normalized spacial score (nSPS) is 50.7. The Morgan fingerprint density at radius 2 is 1.97 bits per heavy atom. The van der Waals surface area contributed by atoms with Gasteiger partial charge in [-0.25, -0.2) is 4.39 Å². The predicted octanol–water partition coefficient (Wildman–Crippen LogP) is 2.32. The Balaban J connectivity index is 0.00000240. The number of hydrogen-bond acceptors (Lipinski definition) is 5. The zero-order valence-corrected chi connectivity index (χ0v) is 17.8. The fraction of sp³-hybridized carbons (Fsp3) is 0.727. The first-order valence-electron chi connectivity index (χ1n) is 10.1. The lowest BCUT2D eigenvalue weighted by Crippen LogP contribution is -2.69. The van der Waals surface area contributed by atoms with Crippen LogP contribution in [0.3, 0.4) is 0 Å². The molecule has 0 aromatic rings. The molecule has 0 bridgehead atoms. The molecule has 29 heavy (non-hydrogen) atoms. The number of Topliss-reactive ketones (excluding diaryl/α,β-unsaturated/α-hetero) is 1. The zero-order valence-electron chi connectivity index (χ0n) is 17.0. The van der Waals surface area contributed by atoms with Gasteiger partial charge in [-0.15, -0.1) is 12.4 Å². The number of rotatable bonds is 2. The Morgan fingerprint density at radius 1 is 1.31 bits per heavy atom. The number of fused-ring (bicyclic) bond motifs is 5. The van der Waals surface area contributed by atoms with E-state index in [4.69, 9.17) is 0 Å². The maximum atomic E-state index is 16.9. The molecule has 0 amide bonds. The fourth-order valence-corrected chi connectivity index (χ4v) is 7.26. The van der Waals surface area contributed by atoms with Crippen LogP contribution in [0.4, 0.5) is 4.39 Å². The summed E-state index contributed by atoms with van der Waals surface area (Å²) >= 11 is 0. The van der Waals surface area contributed by atoms with Gasteiger partial charge in [0, 0.05) is 16.7 Å². The second-order valence-corrected chi connectivity index (χ2v) is 9.75. The van der Waals surface area contributed by atoms with Crippen molar-refractivity contribution in [1.29, 1.82) is 0 Å². The van der Waals surface area contributed by atoms with E-state index in [0.717, 1.165) is 0 Å². The highest BCUT2D eigenvalue weighted by Crippen LogP contribution is 2.70. The van der Waals surface area contributed by atoms with Crippen molar-refractivity contribution in [2.24, 2.45) is 28.6 Å². The second-order valence-electron chi connectivity index (χ2n) is 9.75. The molecule has 162 valence electrons. The summed E-state index contributed by atoms with van der Waals surface area (Å²) in [5, 5.41) is 32.0. The van der Waals surface area contributed by atoms with Gasteiger partial charge in [0.15, 0.2) is 17.2 Å². The van der Waals surface area contributed by atoms with E-state index in [1.165, 1.54) is 12.2 Å². The van der Waals surface area contributed by atoms with Crippen LogP contribution in [0.15, 0.2) is 23.8 Å². The molecule has 0 aromatic heterocycles. The minimum Gasteiger partial charge on any atom is -0.390 e. The summed E-state index contributed by atoms with van der Waals surface area (Å²) in [6.45, 7) is 4.48. The Hall–Kier alpha value is -1.08. The number of allylic oxidation sites excluding steroid dienone is 4. The average molecular weight is 429 g/mol. The number of carbonyl (C=O) groups excluding carboxylic acids is 2. The number of carbonyl (C=O) groups is 2. The first kappa shape index (κ1) is 22.6. The summed E-state index contributed by atoms with van der Waals surface area (Å²) in [5.74, 6) is -2.12. The summed E-state index contributed by atoms with van der Waals surface area (Å²) in [7, 11) is 0. The molecule has 7 heteroatoms. The van der Waals surface area contributed by atoms with Crippen molar-refractivity contribution < 1.29 is 29.3 Å². The Labute approximate surface area is 176 Å². The van der Waals surface area contributed by atoms with E-state index in [0.29, 0.717) is 24.8 Å². The summed E-state index contributed by atoms with van der Waals surface area (Å²) in [4.78, 5) is 24.4. The molecule has 3 N–H and O–H groups in total. The van der Waals surface area contributed by atoms with Crippen molar-refractivity contribution in [3.8, 4) is 0 Å². The zero-order chi connectivity index (χ0) is 20.7. The van der Waals surface area contributed by atoms with Crippen LogP contribution in [0.1, 0.15) is 46.5 Å². The SMILES string of the molecule is C[C@@H]1C[C@H]2[C@@H]3CCC4=CC(=O)C=C[C@]4(C)[C@@]3(F)[C@@H](O)C[C@]2(C)[C@@]1(O)C(=O)CO.Cl. The van der Waals surface area contributed by atoms with E-state index in [1.54, 1.807) is 26.8 Å². The summed E-state index contributed by atoms with van der Waals surface area (Å²) in [5.41, 5.74) is -5.17. The van der Waals surface area contributed by atoms with Crippen LogP contribution in [0.2, 0.25) is 0 Å². The smallest absolute Gasteiger partial charge is 0.190 e. The minimum atomic E-state index is -1.98. The van der Waals surface area contributed by atoms with Crippen LogP contribution < -0.4 is 0 Å². The first-order valence-corrected chi connectivity index (χ1v) is 10.1. The standard InChI is InChI=1S/C22H29FO5.ClH/c1-12-8-16-15-5-4-13-9-14(25)6-7-19(13,2)21(15,23)17(26)10-20(16,3)22(12,28)18(27)11-24;/h6-7,9,12,15-17,24,26,28H,4-5,8,10-11H2,1-3H3;1H/t12-,15+,16+,17+,19+,20+,21+,22+;/m1./s1. The van der Waals surface area contributed by atoms with Gasteiger partial charge in [-0.05, 0) is 56.6 Å². The molecule has 3 fully saturated rings. The van der Waals surface area contributed by atoms with Gasteiger partial charge in [-0.1, -0.05) is 25.5 Å². The molecule has 5 nitrogen and oxygen atoms in total. The van der Waals surface area contributed by atoms with Gasteiger partial charge in [-0.3, -0.25) is 9.59 Å². The number of aliphatic hydroxyl groups is 3. The second kappa shape index (κ2) is 6.71. The average Bonchev–Trinajstić information content (AvgIpc) is 2.84. The Morgan fingerprint density at radius 3 is 2.59 bits per heavy atom. The molecule has 0 radical (unpaired) electrons. The Kier molecular flexibility index (Phi) is 5.23. The van der Waals surface area contributed by atoms with Crippen LogP contribution in [-0.2, 0) is 9.59 Å². The van der Waals surface area contributed by atoms with Crippen LogP contribution in [0.25, 0.3) is 0 Å². The third-order valence-electron chi connectivity index (χ3n) is 8.79. The highest BCUT2D eigenvalue weighted by atomic mass is 35.5. The fourth-order valence-electron chi connectivity index (χ4n) is 7.26. The van der Waals surface area contributed by atoms with Gasteiger partial charge in [0.25, 0.3) is 0 Å². The number of alkyl halides is 1. The lowest BCUT2D eigenvalue weighted by molar-refractivity contribution is -0.219. The van der Waals surface area contributed by atoms with Gasteiger partial charge in [0.05, 0.1) is 6.10 Å². The molecule has 4 aliphatic rings. The van der Waals surface area contributed by atoms with Crippen LogP contribution in [-0.4, -0.2) is 50.9 Å². The van der Waals surface area contributed by atoms with Crippen molar-refractivity contribution >= 4 is 24.0 Å². The summed E-state index contributed by atoms with van der Waals surface area (Å²) in [6.07, 6.45) is 4.44. The highest BCUT2D eigenvalue weighted by Gasteiger charge is 2.75. The van der Waals surface area contributed by atoms with E-state index in [1.807, 2.05) is 0 Å². The van der Waals surface area contributed by atoms with Crippen LogP contribution in [0.5, 0.6) is 0 Å². The van der Waals surface area contributed by atoms with Gasteiger partial charge in [-0.2, -0.15) is 0 Å². The molecule has 4 rings (SSSR count). The van der Waals surface area contributed by atoms with Gasteiger partial charge in [0.1, 0.15) is 12.2 Å². The maximum absolute atomic E-state index is 16.9. The largest absolute Gasteiger partial charge is 0.390 e. The third-order valence-corrected chi connectivity index (χ3v) is 8.79. The molecular formula is C22H30ClFO5. The lowest BCUT2D eigenvalue weighted by Gasteiger charge is -2.62. The number of ketones is 2. The quantitative estimate of drug-likeness (QED) is 0.627. The molecule has 0 heterocycles. The topological polar surface area (TPSA) is 94.8 Å². The Bertz CT molecular complexity index is 811. The van der Waals surface area contributed by atoms with Crippen molar-refractivity contribution in [3.05, 3.63) is 23.8 Å². The molecule has 0 unspecified atom stereocenters. The van der Waals surface area contributed by atoms with E-state index < -0.39 is 52.4 Å². The molecule has 0 aliphatic heterocycles. The predicted molar refractivity (Wildman–Crippen MR) is 107 cm³/mol. The number of hydrogen-bond donors (Lipinski definition) is 3. The third kappa shape index (κ3) is 2.43. The number of halogens is 2. The van der Waals surface area contributed by atoms with Crippen molar-refractivity contribution in [1.82, 2.24) is 0 Å². The maximum Gasteiger partial charge on any atom is 0.190 e. The molecule has 8 atom stereocenters. The van der Waals surface area contributed by atoms with Gasteiger partial charge >= 0.3 is 0 Å². The highest BCUT2D eigenvalue weighted by molar-refractivity contribution is 6.01.